The third kappa shape index (κ3) is 3.10. The number of methoxy groups -OCH3 is 1. The smallest absolute Gasteiger partial charge is 0.310 e. The van der Waals surface area contributed by atoms with Crippen LogP contribution in [0, 0.1) is 11.7 Å². The average Bonchev–Trinajstić information content (AvgIpc) is 2.45. The Morgan fingerprint density at radius 1 is 1.42 bits per heavy atom. The van der Waals surface area contributed by atoms with Crippen LogP contribution in [0.2, 0.25) is 0 Å². The summed E-state index contributed by atoms with van der Waals surface area (Å²) in [7, 11) is 1.34. The van der Waals surface area contributed by atoms with Gasteiger partial charge in [-0.25, -0.2) is 4.39 Å². The van der Waals surface area contributed by atoms with Crippen molar-refractivity contribution in [2.24, 2.45) is 5.92 Å². The molecule has 5 heteroatoms. The number of rotatable bonds is 2. The molecule has 4 nitrogen and oxygen atoms in total. The maximum atomic E-state index is 13.1. The largest absolute Gasteiger partial charge is 0.469 e. The van der Waals surface area contributed by atoms with Crippen LogP contribution in [0.25, 0.3) is 0 Å². The van der Waals surface area contributed by atoms with E-state index in [-0.39, 0.29) is 17.8 Å². The predicted molar refractivity (Wildman–Crippen MR) is 67.0 cm³/mol. The molecule has 2 rings (SSSR count). The van der Waals surface area contributed by atoms with Crippen LogP contribution in [0.4, 0.5) is 4.39 Å². The van der Waals surface area contributed by atoms with Gasteiger partial charge in [-0.15, -0.1) is 0 Å². The van der Waals surface area contributed by atoms with Crippen molar-refractivity contribution in [1.29, 1.82) is 0 Å². The number of piperidine rings is 1. The molecule has 0 bridgehead atoms. The third-order valence-corrected chi connectivity index (χ3v) is 3.31. The number of esters is 1. The minimum absolute atomic E-state index is 0.242. The standard InChI is InChI=1S/C14H16FNO3/c1-19-14(18)11-5-3-7-16(9-11)13(17)10-4-2-6-12(15)8-10/h2,4,6,8,11H,3,5,7,9H2,1H3. The summed E-state index contributed by atoms with van der Waals surface area (Å²) in [5, 5.41) is 0. The van der Waals surface area contributed by atoms with E-state index in [0.717, 1.165) is 12.8 Å². The summed E-state index contributed by atoms with van der Waals surface area (Å²) in [4.78, 5) is 25.3. The van der Waals surface area contributed by atoms with Gasteiger partial charge in [-0.3, -0.25) is 9.59 Å². The van der Waals surface area contributed by atoms with E-state index in [1.807, 2.05) is 0 Å². The van der Waals surface area contributed by atoms with Crippen LogP contribution in [0.15, 0.2) is 24.3 Å². The first-order valence-electron chi connectivity index (χ1n) is 6.24. The number of likely N-dealkylation sites (tertiary alicyclic amines) is 1. The topological polar surface area (TPSA) is 46.6 Å². The molecule has 1 aliphatic heterocycles. The molecular formula is C14H16FNO3. The number of carbonyl (C=O) groups is 2. The zero-order valence-corrected chi connectivity index (χ0v) is 10.8. The van der Waals surface area contributed by atoms with Crippen molar-refractivity contribution in [3.05, 3.63) is 35.6 Å². The number of benzene rings is 1. The molecule has 0 aliphatic carbocycles. The van der Waals surface area contributed by atoms with Gasteiger partial charge in [0.2, 0.25) is 0 Å². The van der Waals surface area contributed by atoms with Crippen LogP contribution in [0.1, 0.15) is 23.2 Å². The van der Waals surface area contributed by atoms with E-state index in [1.54, 1.807) is 11.0 Å². The molecule has 102 valence electrons. The highest BCUT2D eigenvalue weighted by atomic mass is 19.1. The second-order valence-corrected chi connectivity index (χ2v) is 4.62. The van der Waals surface area contributed by atoms with Gasteiger partial charge in [0.25, 0.3) is 5.91 Å². The van der Waals surface area contributed by atoms with Gasteiger partial charge in [0.15, 0.2) is 0 Å². The summed E-state index contributed by atoms with van der Waals surface area (Å²) >= 11 is 0. The Kier molecular flexibility index (Phi) is 4.14. The van der Waals surface area contributed by atoms with Gasteiger partial charge in [-0.1, -0.05) is 6.07 Å². The maximum Gasteiger partial charge on any atom is 0.310 e. The van der Waals surface area contributed by atoms with E-state index in [0.29, 0.717) is 18.7 Å². The number of carbonyl (C=O) groups excluding carboxylic acids is 2. The highest BCUT2D eigenvalue weighted by Crippen LogP contribution is 2.20. The predicted octanol–water partition coefficient (Wildman–Crippen LogP) is 1.85. The van der Waals surface area contributed by atoms with Crippen molar-refractivity contribution in [2.45, 2.75) is 12.8 Å². The molecule has 19 heavy (non-hydrogen) atoms. The van der Waals surface area contributed by atoms with Crippen LogP contribution in [0.3, 0.4) is 0 Å². The first kappa shape index (κ1) is 13.5. The second-order valence-electron chi connectivity index (χ2n) is 4.62. The highest BCUT2D eigenvalue weighted by Gasteiger charge is 2.29. The van der Waals surface area contributed by atoms with Gasteiger partial charge < -0.3 is 9.64 Å². The average molecular weight is 265 g/mol. The Morgan fingerprint density at radius 3 is 2.89 bits per heavy atom. The molecule has 1 aromatic rings. The van der Waals surface area contributed by atoms with Crippen LogP contribution in [-0.4, -0.2) is 37.0 Å². The lowest BCUT2D eigenvalue weighted by Gasteiger charge is -2.31. The van der Waals surface area contributed by atoms with Gasteiger partial charge in [-0.2, -0.15) is 0 Å². The molecule has 0 N–H and O–H groups in total. The summed E-state index contributed by atoms with van der Waals surface area (Å²) < 4.78 is 17.8. The SMILES string of the molecule is COC(=O)C1CCCN(C(=O)c2cccc(F)c2)C1. The lowest BCUT2D eigenvalue weighted by atomic mass is 9.97. The number of amides is 1. The zero-order valence-electron chi connectivity index (χ0n) is 10.8. The van der Waals surface area contributed by atoms with Gasteiger partial charge in [0.05, 0.1) is 13.0 Å². The van der Waals surface area contributed by atoms with Gasteiger partial charge in [0.1, 0.15) is 5.82 Å². The fraction of sp³-hybridized carbons (Fsp3) is 0.429. The fourth-order valence-corrected chi connectivity index (χ4v) is 2.32. The van der Waals surface area contributed by atoms with Gasteiger partial charge >= 0.3 is 5.97 Å². The molecule has 1 fully saturated rings. The molecular weight excluding hydrogens is 249 g/mol. The van der Waals surface area contributed by atoms with Crippen LogP contribution < -0.4 is 0 Å². The van der Waals surface area contributed by atoms with Crippen LogP contribution >= 0.6 is 0 Å². The number of hydrogen-bond acceptors (Lipinski definition) is 3. The van der Waals surface area contributed by atoms with Crippen molar-refractivity contribution in [2.75, 3.05) is 20.2 Å². The maximum absolute atomic E-state index is 13.1. The van der Waals surface area contributed by atoms with E-state index in [4.69, 9.17) is 4.74 Å². The molecule has 1 amide bonds. The first-order valence-corrected chi connectivity index (χ1v) is 6.24. The van der Waals surface area contributed by atoms with Crippen molar-refractivity contribution in [3.63, 3.8) is 0 Å². The molecule has 1 aliphatic rings. The van der Waals surface area contributed by atoms with Crippen molar-refractivity contribution >= 4 is 11.9 Å². The van der Waals surface area contributed by atoms with Crippen molar-refractivity contribution in [3.8, 4) is 0 Å². The highest BCUT2D eigenvalue weighted by molar-refractivity contribution is 5.94. The molecule has 0 saturated carbocycles. The van der Waals surface area contributed by atoms with E-state index in [1.165, 1.54) is 25.3 Å². The van der Waals surface area contributed by atoms with E-state index >= 15 is 0 Å². The first-order chi connectivity index (χ1) is 9.11. The molecule has 1 atom stereocenters. The molecule has 1 unspecified atom stereocenters. The summed E-state index contributed by atoms with van der Waals surface area (Å²) in [6.45, 7) is 0.921. The molecule has 0 aromatic heterocycles. The lowest BCUT2D eigenvalue weighted by molar-refractivity contribution is -0.146. The quantitative estimate of drug-likeness (QED) is 0.767. The van der Waals surface area contributed by atoms with Gasteiger partial charge in [-0.05, 0) is 31.0 Å². The minimum Gasteiger partial charge on any atom is -0.469 e. The lowest BCUT2D eigenvalue weighted by Crippen LogP contribution is -2.42. The van der Waals surface area contributed by atoms with Crippen LogP contribution in [0.5, 0.6) is 0 Å². The number of ether oxygens (including phenoxy) is 1. The van der Waals surface area contributed by atoms with Crippen molar-refractivity contribution in [1.82, 2.24) is 4.90 Å². The zero-order chi connectivity index (χ0) is 13.8. The Hall–Kier alpha value is -1.91. The molecule has 1 heterocycles. The second kappa shape index (κ2) is 5.82. The summed E-state index contributed by atoms with van der Waals surface area (Å²) in [6, 6.07) is 5.59. The Labute approximate surface area is 111 Å². The minimum atomic E-state index is -0.438. The third-order valence-electron chi connectivity index (χ3n) is 3.31. The number of nitrogens with zero attached hydrogens (tertiary/aromatic N) is 1. The summed E-state index contributed by atoms with van der Waals surface area (Å²) in [5.41, 5.74) is 0.311. The molecule has 1 aromatic carbocycles. The summed E-state index contributed by atoms with van der Waals surface area (Å²) in [5.74, 6) is -1.26. The Bertz CT molecular complexity index is 489. The Balaban J connectivity index is 2.09. The van der Waals surface area contributed by atoms with Crippen molar-refractivity contribution < 1.29 is 18.7 Å². The van der Waals surface area contributed by atoms with Crippen LogP contribution in [-0.2, 0) is 9.53 Å². The molecule has 0 spiro atoms. The normalized spacial score (nSPS) is 19.1. The molecule has 0 radical (unpaired) electrons. The monoisotopic (exact) mass is 265 g/mol. The van der Waals surface area contributed by atoms with E-state index in [2.05, 4.69) is 0 Å². The molecule has 1 saturated heterocycles. The number of hydrogen-bond donors (Lipinski definition) is 0. The fourth-order valence-electron chi connectivity index (χ4n) is 2.32. The van der Waals surface area contributed by atoms with Gasteiger partial charge in [0, 0.05) is 18.7 Å². The Morgan fingerprint density at radius 2 is 2.21 bits per heavy atom. The number of halogens is 1. The van der Waals surface area contributed by atoms with E-state index < -0.39 is 5.82 Å². The summed E-state index contributed by atoms with van der Waals surface area (Å²) in [6.07, 6.45) is 1.47. The van der Waals surface area contributed by atoms with E-state index in [9.17, 15) is 14.0 Å².